The summed E-state index contributed by atoms with van der Waals surface area (Å²) in [6.07, 6.45) is 6.83. The fraction of sp³-hybridized carbons (Fsp3) is 0.286. The standard InChI is InChI=1S/C7H8BrO/c1-9-7-4-2-3-6(8)5-7/h2-4H,5H2,1H3. The van der Waals surface area contributed by atoms with Gasteiger partial charge in [-0.25, -0.2) is 0 Å². The highest BCUT2D eigenvalue weighted by atomic mass is 79.9. The van der Waals surface area contributed by atoms with Gasteiger partial charge in [-0.1, -0.05) is 28.1 Å². The van der Waals surface area contributed by atoms with Crippen LogP contribution >= 0.6 is 15.9 Å². The van der Waals surface area contributed by atoms with Crippen LogP contribution in [-0.4, -0.2) is 7.11 Å². The second-order valence-corrected chi connectivity index (χ2v) is 2.84. The van der Waals surface area contributed by atoms with E-state index in [2.05, 4.69) is 15.9 Å². The molecule has 0 N–H and O–H groups in total. The van der Waals surface area contributed by atoms with Crippen molar-refractivity contribution in [3.05, 3.63) is 28.8 Å². The highest BCUT2D eigenvalue weighted by molar-refractivity contribution is 9.11. The van der Waals surface area contributed by atoms with Gasteiger partial charge in [0.15, 0.2) is 0 Å². The molecule has 1 rings (SSSR count). The fourth-order valence-electron chi connectivity index (χ4n) is 0.684. The summed E-state index contributed by atoms with van der Waals surface area (Å²) in [4.78, 5) is 1.17. The van der Waals surface area contributed by atoms with Crippen molar-refractivity contribution in [2.75, 3.05) is 7.11 Å². The van der Waals surface area contributed by atoms with Crippen molar-refractivity contribution >= 4 is 15.9 Å². The maximum atomic E-state index is 5.02. The summed E-state index contributed by atoms with van der Waals surface area (Å²) in [5.41, 5.74) is 0. The maximum absolute atomic E-state index is 5.02. The molecule has 0 amide bonds. The van der Waals surface area contributed by atoms with Crippen LogP contribution in [0.2, 0.25) is 0 Å². The molecule has 0 saturated heterocycles. The average Bonchev–Trinajstić information content (AvgIpc) is 1.88. The molecule has 0 atom stereocenters. The van der Waals surface area contributed by atoms with E-state index in [4.69, 9.17) is 4.74 Å². The predicted octanol–water partition coefficient (Wildman–Crippen LogP) is 2.40. The molecule has 1 nitrogen and oxygen atoms in total. The van der Waals surface area contributed by atoms with Gasteiger partial charge in [0, 0.05) is 6.42 Å². The number of methoxy groups -OCH3 is 1. The Morgan fingerprint density at radius 3 is 2.89 bits per heavy atom. The van der Waals surface area contributed by atoms with Gasteiger partial charge in [0.25, 0.3) is 0 Å². The third kappa shape index (κ3) is 1.86. The molecule has 1 radical (unpaired) electrons. The summed E-state index contributed by atoms with van der Waals surface area (Å²) in [6, 6.07) is 0. The minimum Gasteiger partial charge on any atom is -0.501 e. The summed E-state index contributed by atoms with van der Waals surface area (Å²) in [5.74, 6) is 1.00. The van der Waals surface area contributed by atoms with E-state index in [0.29, 0.717) is 0 Å². The Morgan fingerprint density at radius 1 is 1.67 bits per heavy atom. The Balaban J connectivity index is 2.55. The lowest BCUT2D eigenvalue weighted by Crippen LogP contribution is -1.94. The summed E-state index contributed by atoms with van der Waals surface area (Å²) in [7, 11) is 1.69. The quantitative estimate of drug-likeness (QED) is 0.613. The predicted molar refractivity (Wildman–Crippen MR) is 41.0 cm³/mol. The van der Waals surface area contributed by atoms with Crippen LogP contribution in [0.3, 0.4) is 0 Å². The average molecular weight is 188 g/mol. The van der Waals surface area contributed by atoms with Gasteiger partial charge in [-0.3, -0.25) is 0 Å². The van der Waals surface area contributed by atoms with Crippen molar-refractivity contribution in [3.8, 4) is 0 Å². The Bertz CT molecular complexity index is 149. The Hall–Kier alpha value is -0.240. The molecule has 0 heterocycles. The summed E-state index contributed by atoms with van der Waals surface area (Å²) in [5, 5.41) is 0. The molecule has 0 bridgehead atoms. The van der Waals surface area contributed by atoms with Crippen LogP contribution in [-0.2, 0) is 4.74 Å². The van der Waals surface area contributed by atoms with Crippen molar-refractivity contribution < 1.29 is 4.74 Å². The zero-order chi connectivity index (χ0) is 6.69. The first-order valence-electron chi connectivity index (χ1n) is 2.75. The fourth-order valence-corrected chi connectivity index (χ4v) is 1.11. The molecule has 0 unspecified atom stereocenters. The van der Waals surface area contributed by atoms with Gasteiger partial charge in [-0.05, 0) is 6.08 Å². The molecule has 49 valence electrons. The number of hydrogen-bond donors (Lipinski definition) is 0. The lowest BCUT2D eigenvalue weighted by Gasteiger charge is -2.10. The Morgan fingerprint density at radius 2 is 2.44 bits per heavy atom. The van der Waals surface area contributed by atoms with E-state index in [0.717, 1.165) is 12.2 Å². The molecule has 0 spiro atoms. The second kappa shape index (κ2) is 3.06. The minimum atomic E-state index is 0.882. The molecule has 1 aliphatic carbocycles. The highest BCUT2D eigenvalue weighted by Crippen LogP contribution is 2.25. The van der Waals surface area contributed by atoms with E-state index in [1.165, 1.54) is 4.83 Å². The van der Waals surface area contributed by atoms with E-state index < -0.39 is 0 Å². The zero-order valence-electron chi connectivity index (χ0n) is 5.23. The first-order valence-corrected chi connectivity index (χ1v) is 3.55. The Labute approximate surface area is 63.5 Å². The second-order valence-electron chi connectivity index (χ2n) is 1.82. The molecule has 0 aliphatic heterocycles. The highest BCUT2D eigenvalue weighted by Gasteiger charge is 2.07. The van der Waals surface area contributed by atoms with Gasteiger partial charge in [0.1, 0.15) is 0 Å². The van der Waals surface area contributed by atoms with Gasteiger partial charge in [-0.2, -0.15) is 0 Å². The zero-order valence-corrected chi connectivity index (χ0v) is 6.81. The van der Waals surface area contributed by atoms with Gasteiger partial charge >= 0.3 is 0 Å². The van der Waals surface area contributed by atoms with Gasteiger partial charge in [0.05, 0.1) is 17.7 Å². The third-order valence-corrected chi connectivity index (χ3v) is 1.71. The van der Waals surface area contributed by atoms with E-state index in [1.807, 2.05) is 18.2 Å². The minimum absolute atomic E-state index is 0.882. The topological polar surface area (TPSA) is 9.23 Å². The molecule has 0 aromatic carbocycles. The molecule has 0 saturated carbocycles. The first kappa shape index (κ1) is 6.87. The monoisotopic (exact) mass is 187 g/mol. The van der Waals surface area contributed by atoms with E-state index in [1.54, 1.807) is 7.11 Å². The number of halogens is 1. The van der Waals surface area contributed by atoms with Crippen LogP contribution in [0.15, 0.2) is 24.0 Å². The van der Waals surface area contributed by atoms with Crippen molar-refractivity contribution in [1.82, 2.24) is 0 Å². The lowest BCUT2D eigenvalue weighted by atomic mass is 10.2. The van der Waals surface area contributed by atoms with Crippen molar-refractivity contribution in [3.63, 3.8) is 0 Å². The van der Waals surface area contributed by atoms with E-state index in [9.17, 15) is 0 Å². The summed E-state index contributed by atoms with van der Waals surface area (Å²) >= 11 is 3.38. The molecule has 1 aliphatic rings. The van der Waals surface area contributed by atoms with Gasteiger partial charge in [-0.15, -0.1) is 0 Å². The third-order valence-electron chi connectivity index (χ3n) is 1.16. The number of hydrogen-bond acceptors (Lipinski definition) is 1. The number of rotatable bonds is 1. The van der Waals surface area contributed by atoms with Crippen molar-refractivity contribution in [1.29, 1.82) is 0 Å². The molecule has 0 fully saturated rings. The van der Waals surface area contributed by atoms with Crippen molar-refractivity contribution in [2.24, 2.45) is 0 Å². The van der Waals surface area contributed by atoms with Crippen LogP contribution < -0.4 is 0 Å². The molecule has 0 aromatic rings. The van der Waals surface area contributed by atoms with Crippen LogP contribution in [0, 0.1) is 4.83 Å². The smallest absolute Gasteiger partial charge is 0.0973 e. The van der Waals surface area contributed by atoms with E-state index in [-0.39, 0.29) is 0 Å². The molecule has 2 heteroatoms. The summed E-state index contributed by atoms with van der Waals surface area (Å²) < 4.78 is 5.02. The maximum Gasteiger partial charge on any atom is 0.0973 e. The summed E-state index contributed by atoms with van der Waals surface area (Å²) in [6.45, 7) is 0. The Kier molecular flexibility index (Phi) is 2.34. The van der Waals surface area contributed by atoms with Crippen LogP contribution in [0.25, 0.3) is 0 Å². The lowest BCUT2D eigenvalue weighted by molar-refractivity contribution is 0.282. The van der Waals surface area contributed by atoms with E-state index >= 15 is 0 Å². The SMILES string of the molecule is COC1=CC=C[C](Br)C1. The van der Waals surface area contributed by atoms with Crippen molar-refractivity contribution in [2.45, 2.75) is 6.42 Å². The van der Waals surface area contributed by atoms with Crippen LogP contribution in [0.4, 0.5) is 0 Å². The largest absolute Gasteiger partial charge is 0.501 e. The normalized spacial score (nSPS) is 19.6. The molecule has 9 heavy (non-hydrogen) atoms. The number of allylic oxidation sites excluding steroid dienone is 4. The van der Waals surface area contributed by atoms with Gasteiger partial charge < -0.3 is 4.74 Å². The molecular weight excluding hydrogens is 180 g/mol. The number of ether oxygens (including phenoxy) is 1. The first-order chi connectivity index (χ1) is 4.33. The van der Waals surface area contributed by atoms with Crippen LogP contribution in [0.1, 0.15) is 6.42 Å². The molecular formula is C7H8BrO. The van der Waals surface area contributed by atoms with Gasteiger partial charge in [0.2, 0.25) is 0 Å². The molecule has 0 aromatic heterocycles. The van der Waals surface area contributed by atoms with Crippen LogP contribution in [0.5, 0.6) is 0 Å².